The lowest BCUT2D eigenvalue weighted by atomic mass is 10.0. The van der Waals surface area contributed by atoms with Crippen LogP contribution in [0.25, 0.3) is 0 Å². The molecule has 0 aliphatic heterocycles. The predicted molar refractivity (Wildman–Crippen MR) is 39.3 cm³/mol. The van der Waals surface area contributed by atoms with Gasteiger partial charge in [0.2, 0.25) is 0 Å². The van der Waals surface area contributed by atoms with Gasteiger partial charge in [0.15, 0.2) is 0 Å². The molecule has 1 saturated carbocycles. The second-order valence-electron chi connectivity index (χ2n) is 2.88. The van der Waals surface area contributed by atoms with Gasteiger partial charge in [-0.15, -0.1) is 0 Å². The molecule has 2 unspecified atom stereocenters. The monoisotopic (exact) mass is 140 g/mol. The number of halogens is 1. The third kappa shape index (κ3) is 0.734. The van der Waals surface area contributed by atoms with E-state index in [9.17, 15) is 0 Å². The molecule has 2 aliphatic rings. The minimum atomic E-state index is 0.701. The third-order valence-corrected chi connectivity index (χ3v) is 2.57. The molecule has 0 amide bonds. The fourth-order valence-corrected chi connectivity index (χ4v) is 2.03. The van der Waals surface area contributed by atoms with Gasteiger partial charge in [0, 0.05) is 5.54 Å². The Balaban J connectivity index is 2.29. The van der Waals surface area contributed by atoms with E-state index in [2.05, 4.69) is 12.2 Å². The molecule has 1 fully saturated rings. The fraction of sp³-hybridized carbons (Fsp3) is 0.500. The van der Waals surface area contributed by atoms with Crippen molar-refractivity contribution in [1.29, 1.82) is 0 Å². The SMILES string of the molecule is ClC=C1CC2C=CC1C2. The number of hydrogen-bond acceptors (Lipinski definition) is 0. The number of fused-ring (bicyclic) bond motifs is 2. The van der Waals surface area contributed by atoms with Gasteiger partial charge in [-0.05, 0) is 24.7 Å². The van der Waals surface area contributed by atoms with Crippen LogP contribution in [0.3, 0.4) is 0 Å². The topological polar surface area (TPSA) is 0 Å². The highest BCUT2D eigenvalue weighted by Gasteiger charge is 2.30. The van der Waals surface area contributed by atoms with Gasteiger partial charge >= 0.3 is 0 Å². The van der Waals surface area contributed by atoms with Gasteiger partial charge in [-0.25, -0.2) is 0 Å². The van der Waals surface area contributed by atoms with E-state index in [0.29, 0.717) is 5.92 Å². The van der Waals surface area contributed by atoms with E-state index in [1.807, 2.05) is 0 Å². The molecular weight excluding hydrogens is 132 g/mol. The lowest BCUT2D eigenvalue weighted by molar-refractivity contribution is 0.693. The van der Waals surface area contributed by atoms with E-state index in [-0.39, 0.29) is 0 Å². The van der Waals surface area contributed by atoms with Crippen molar-refractivity contribution in [2.45, 2.75) is 12.8 Å². The van der Waals surface area contributed by atoms with Crippen molar-refractivity contribution in [3.63, 3.8) is 0 Å². The van der Waals surface area contributed by atoms with Crippen LogP contribution in [0.4, 0.5) is 0 Å². The molecule has 2 atom stereocenters. The summed E-state index contributed by atoms with van der Waals surface area (Å²) < 4.78 is 0. The van der Waals surface area contributed by atoms with Gasteiger partial charge in [0.25, 0.3) is 0 Å². The van der Waals surface area contributed by atoms with Gasteiger partial charge in [-0.2, -0.15) is 0 Å². The summed E-state index contributed by atoms with van der Waals surface area (Å²) >= 11 is 5.61. The highest BCUT2D eigenvalue weighted by Crippen LogP contribution is 2.42. The summed E-state index contributed by atoms with van der Waals surface area (Å²) in [5.74, 6) is 1.52. The van der Waals surface area contributed by atoms with Gasteiger partial charge < -0.3 is 0 Å². The largest absolute Gasteiger partial charge is 0.0930 e. The fourth-order valence-electron chi connectivity index (χ4n) is 1.78. The number of hydrogen-bond donors (Lipinski definition) is 0. The molecule has 2 bridgehead atoms. The van der Waals surface area contributed by atoms with Crippen LogP contribution in [0.2, 0.25) is 0 Å². The normalized spacial score (nSPS) is 43.0. The van der Waals surface area contributed by atoms with Crippen LogP contribution in [-0.2, 0) is 0 Å². The number of rotatable bonds is 0. The first kappa shape index (κ1) is 5.55. The van der Waals surface area contributed by atoms with Crippen molar-refractivity contribution in [1.82, 2.24) is 0 Å². The highest BCUT2D eigenvalue weighted by atomic mass is 35.5. The Morgan fingerprint density at radius 3 is 2.78 bits per heavy atom. The van der Waals surface area contributed by atoms with E-state index in [4.69, 9.17) is 11.6 Å². The van der Waals surface area contributed by atoms with Crippen LogP contribution in [0, 0.1) is 11.8 Å². The van der Waals surface area contributed by atoms with E-state index in [1.165, 1.54) is 18.4 Å². The van der Waals surface area contributed by atoms with Gasteiger partial charge in [0.1, 0.15) is 0 Å². The summed E-state index contributed by atoms with van der Waals surface area (Å²) in [4.78, 5) is 0. The minimum Gasteiger partial charge on any atom is -0.0930 e. The Labute approximate surface area is 60.2 Å². The quantitative estimate of drug-likeness (QED) is 0.454. The Morgan fingerprint density at radius 1 is 1.56 bits per heavy atom. The van der Waals surface area contributed by atoms with Crippen LogP contribution < -0.4 is 0 Å². The zero-order valence-electron chi connectivity index (χ0n) is 5.18. The molecule has 0 aromatic rings. The summed E-state index contributed by atoms with van der Waals surface area (Å²) in [5, 5.41) is 0. The van der Waals surface area contributed by atoms with Gasteiger partial charge in [0.05, 0.1) is 0 Å². The molecule has 0 spiro atoms. The molecule has 1 heteroatoms. The zero-order valence-corrected chi connectivity index (χ0v) is 5.93. The molecule has 2 rings (SSSR count). The first-order chi connectivity index (χ1) is 4.40. The Morgan fingerprint density at radius 2 is 2.44 bits per heavy atom. The maximum absolute atomic E-state index is 5.61. The Bertz CT molecular complexity index is 179. The summed E-state index contributed by atoms with van der Waals surface area (Å²) in [6, 6.07) is 0. The lowest BCUT2D eigenvalue weighted by Gasteiger charge is -2.04. The Hall–Kier alpha value is -0.230. The van der Waals surface area contributed by atoms with E-state index in [0.717, 1.165) is 5.92 Å². The third-order valence-electron chi connectivity index (χ3n) is 2.29. The molecule has 0 saturated heterocycles. The van der Waals surface area contributed by atoms with Gasteiger partial charge in [-0.1, -0.05) is 29.3 Å². The van der Waals surface area contributed by atoms with Crippen LogP contribution in [-0.4, -0.2) is 0 Å². The Kier molecular flexibility index (Phi) is 1.16. The van der Waals surface area contributed by atoms with Crippen LogP contribution >= 0.6 is 11.6 Å². The summed E-state index contributed by atoms with van der Waals surface area (Å²) in [6.07, 6.45) is 7.13. The first-order valence-corrected chi connectivity index (χ1v) is 3.81. The summed E-state index contributed by atoms with van der Waals surface area (Å²) in [7, 11) is 0. The van der Waals surface area contributed by atoms with Crippen LogP contribution in [0.1, 0.15) is 12.8 Å². The zero-order chi connectivity index (χ0) is 6.27. The molecule has 0 aromatic carbocycles. The predicted octanol–water partition coefficient (Wildman–Crippen LogP) is 2.71. The average molecular weight is 141 g/mol. The molecule has 0 heterocycles. The highest BCUT2D eigenvalue weighted by molar-refractivity contribution is 6.25. The lowest BCUT2D eigenvalue weighted by Crippen LogP contribution is -1.89. The molecule has 0 radical (unpaired) electrons. The van der Waals surface area contributed by atoms with Crippen molar-refractivity contribution in [2.75, 3.05) is 0 Å². The average Bonchev–Trinajstić information content (AvgIpc) is 2.45. The molecule has 0 N–H and O–H groups in total. The van der Waals surface area contributed by atoms with E-state index >= 15 is 0 Å². The second kappa shape index (κ2) is 1.88. The smallest absolute Gasteiger partial charge is 0.00406 e. The number of allylic oxidation sites excluding steroid dienone is 3. The summed E-state index contributed by atoms with van der Waals surface area (Å²) in [6.45, 7) is 0. The maximum Gasteiger partial charge on any atom is 0.00406 e. The second-order valence-corrected chi connectivity index (χ2v) is 3.09. The molecule has 0 nitrogen and oxygen atoms in total. The molecule has 2 aliphatic carbocycles. The maximum atomic E-state index is 5.61. The first-order valence-electron chi connectivity index (χ1n) is 3.37. The van der Waals surface area contributed by atoms with Gasteiger partial charge in [-0.3, -0.25) is 0 Å². The van der Waals surface area contributed by atoms with Crippen molar-refractivity contribution in [3.05, 3.63) is 23.3 Å². The van der Waals surface area contributed by atoms with Crippen molar-refractivity contribution in [3.8, 4) is 0 Å². The van der Waals surface area contributed by atoms with Crippen LogP contribution in [0.15, 0.2) is 23.3 Å². The standard InChI is InChI=1S/C8H9Cl/c9-5-8-4-6-1-2-7(8)3-6/h1-2,5-7H,3-4H2. The van der Waals surface area contributed by atoms with Crippen LogP contribution in [0.5, 0.6) is 0 Å². The molecular formula is C8H9Cl. The van der Waals surface area contributed by atoms with Crippen molar-refractivity contribution < 1.29 is 0 Å². The van der Waals surface area contributed by atoms with Crippen molar-refractivity contribution in [2.24, 2.45) is 11.8 Å². The van der Waals surface area contributed by atoms with E-state index in [1.54, 1.807) is 5.54 Å². The molecule has 0 aromatic heterocycles. The van der Waals surface area contributed by atoms with Crippen molar-refractivity contribution >= 4 is 11.6 Å². The molecule has 9 heavy (non-hydrogen) atoms. The van der Waals surface area contributed by atoms with E-state index < -0.39 is 0 Å². The minimum absolute atomic E-state index is 0.701. The summed E-state index contributed by atoms with van der Waals surface area (Å²) in [5.41, 5.74) is 3.19. The molecule has 48 valence electrons.